The zero-order valence-corrected chi connectivity index (χ0v) is 16.1. The van der Waals surface area contributed by atoms with Gasteiger partial charge in [-0.1, -0.05) is 15.9 Å². The smallest absolute Gasteiger partial charge is 0.191 e. The molecule has 6 heteroatoms. The molecule has 1 aliphatic carbocycles. The second-order valence-corrected chi connectivity index (χ2v) is 7.48. The third kappa shape index (κ3) is 4.63. The van der Waals surface area contributed by atoms with E-state index in [0.717, 1.165) is 27.8 Å². The molecule has 0 spiro atoms. The van der Waals surface area contributed by atoms with Gasteiger partial charge in [0.25, 0.3) is 0 Å². The maximum atomic E-state index is 5.43. The summed E-state index contributed by atoms with van der Waals surface area (Å²) in [5, 5.41) is 6.97. The van der Waals surface area contributed by atoms with Crippen LogP contribution in [0, 0.1) is 0 Å². The number of ether oxygens (including phenoxy) is 1. The number of likely N-dealkylation sites (tertiary alicyclic amines) is 1. The fourth-order valence-electron chi connectivity index (χ4n) is 3.30. The summed E-state index contributed by atoms with van der Waals surface area (Å²) in [5.74, 6) is 1.75. The second kappa shape index (κ2) is 8.21. The molecule has 1 aromatic rings. The normalized spacial score (nSPS) is 20.0. The molecule has 24 heavy (non-hydrogen) atoms. The van der Waals surface area contributed by atoms with Gasteiger partial charge in [0.2, 0.25) is 0 Å². The topological polar surface area (TPSA) is 48.9 Å². The van der Waals surface area contributed by atoms with Gasteiger partial charge < -0.3 is 20.3 Å². The third-order valence-corrected chi connectivity index (χ3v) is 5.34. The average Bonchev–Trinajstić information content (AvgIpc) is 3.44. The Morgan fingerprint density at radius 1 is 1.29 bits per heavy atom. The van der Waals surface area contributed by atoms with Crippen LogP contribution >= 0.6 is 15.9 Å². The molecule has 2 aliphatic rings. The van der Waals surface area contributed by atoms with E-state index in [9.17, 15) is 0 Å². The van der Waals surface area contributed by atoms with Gasteiger partial charge in [-0.3, -0.25) is 4.99 Å². The number of aliphatic imine (C=N–C) groups is 1. The van der Waals surface area contributed by atoms with Crippen molar-refractivity contribution in [2.45, 2.75) is 44.3 Å². The van der Waals surface area contributed by atoms with Gasteiger partial charge in [-0.25, -0.2) is 0 Å². The van der Waals surface area contributed by atoms with Gasteiger partial charge in [-0.05, 0) is 43.9 Å². The summed E-state index contributed by atoms with van der Waals surface area (Å²) in [4.78, 5) is 7.01. The predicted molar refractivity (Wildman–Crippen MR) is 102 cm³/mol. The molecular formula is C18H27BrN4O. The van der Waals surface area contributed by atoms with Crippen LogP contribution in [0.4, 0.5) is 0 Å². The highest BCUT2D eigenvalue weighted by Gasteiger charge is 2.31. The number of rotatable bonds is 5. The number of hydrogen-bond acceptors (Lipinski definition) is 3. The maximum Gasteiger partial charge on any atom is 0.191 e. The summed E-state index contributed by atoms with van der Waals surface area (Å²) >= 11 is 3.52. The van der Waals surface area contributed by atoms with Gasteiger partial charge in [0.05, 0.1) is 7.11 Å². The minimum atomic E-state index is 0.510. The van der Waals surface area contributed by atoms with Crippen LogP contribution < -0.4 is 15.4 Å². The lowest BCUT2D eigenvalue weighted by molar-refractivity contribution is 0.197. The highest BCUT2D eigenvalue weighted by atomic mass is 79.9. The standard InChI is InChI=1S/C18H27BrN4O/c1-20-18(21-12-13-11-14(19)3-6-17(13)24-2)22-15-7-9-23(10-8-15)16-4-5-16/h3,6,11,15-16H,4-5,7-10,12H2,1-2H3,(H2,20,21,22). The van der Waals surface area contributed by atoms with Crippen LogP contribution in [0.15, 0.2) is 27.7 Å². The summed E-state index contributed by atoms with van der Waals surface area (Å²) in [7, 11) is 3.53. The molecule has 0 bridgehead atoms. The first kappa shape index (κ1) is 17.5. The number of methoxy groups -OCH3 is 1. The van der Waals surface area contributed by atoms with Crippen LogP contribution in [0.2, 0.25) is 0 Å². The highest BCUT2D eigenvalue weighted by Crippen LogP contribution is 2.29. The molecule has 5 nitrogen and oxygen atoms in total. The Morgan fingerprint density at radius 3 is 2.67 bits per heavy atom. The van der Waals surface area contributed by atoms with E-state index in [1.54, 1.807) is 7.11 Å². The zero-order valence-electron chi connectivity index (χ0n) is 14.5. The van der Waals surface area contributed by atoms with E-state index >= 15 is 0 Å². The Kier molecular flexibility index (Phi) is 6.00. The lowest BCUT2D eigenvalue weighted by atomic mass is 10.1. The zero-order chi connectivity index (χ0) is 16.9. The maximum absolute atomic E-state index is 5.43. The Bertz CT molecular complexity index is 580. The summed E-state index contributed by atoms with van der Waals surface area (Å²) in [6, 6.07) is 7.43. The van der Waals surface area contributed by atoms with Crippen LogP contribution in [0.3, 0.4) is 0 Å². The summed E-state index contributed by atoms with van der Waals surface area (Å²) in [5.41, 5.74) is 1.11. The van der Waals surface area contributed by atoms with Crippen LogP contribution in [-0.4, -0.2) is 50.2 Å². The van der Waals surface area contributed by atoms with E-state index in [2.05, 4.69) is 42.5 Å². The van der Waals surface area contributed by atoms with E-state index in [4.69, 9.17) is 4.74 Å². The fourth-order valence-corrected chi connectivity index (χ4v) is 3.71. The van der Waals surface area contributed by atoms with Gasteiger partial charge in [0.15, 0.2) is 5.96 Å². The number of hydrogen-bond donors (Lipinski definition) is 2. The summed E-state index contributed by atoms with van der Waals surface area (Å²) in [6.07, 6.45) is 5.18. The molecule has 1 saturated heterocycles. The molecule has 0 amide bonds. The SMILES string of the molecule is CN=C(NCc1cc(Br)ccc1OC)NC1CCN(C2CC2)CC1. The molecule has 3 rings (SSSR count). The molecule has 2 N–H and O–H groups in total. The molecule has 1 aromatic carbocycles. The van der Waals surface area contributed by atoms with Crippen molar-refractivity contribution in [3.8, 4) is 5.75 Å². The molecule has 2 fully saturated rings. The highest BCUT2D eigenvalue weighted by molar-refractivity contribution is 9.10. The van der Waals surface area contributed by atoms with Gasteiger partial charge in [-0.2, -0.15) is 0 Å². The van der Waals surface area contributed by atoms with Crippen molar-refractivity contribution in [3.05, 3.63) is 28.2 Å². The molecule has 0 aromatic heterocycles. The quantitative estimate of drug-likeness (QED) is 0.595. The van der Waals surface area contributed by atoms with Gasteiger partial charge in [0.1, 0.15) is 5.75 Å². The Morgan fingerprint density at radius 2 is 2.04 bits per heavy atom. The first-order valence-corrected chi connectivity index (χ1v) is 9.52. The number of nitrogens with one attached hydrogen (secondary N) is 2. The largest absolute Gasteiger partial charge is 0.496 e. The number of benzene rings is 1. The van der Waals surface area contributed by atoms with Crippen LogP contribution in [-0.2, 0) is 6.54 Å². The summed E-state index contributed by atoms with van der Waals surface area (Å²) in [6.45, 7) is 3.10. The summed E-state index contributed by atoms with van der Waals surface area (Å²) < 4.78 is 6.48. The van der Waals surface area contributed by atoms with Crippen molar-refractivity contribution in [1.29, 1.82) is 0 Å². The molecule has 132 valence electrons. The van der Waals surface area contributed by atoms with E-state index in [-0.39, 0.29) is 0 Å². The monoisotopic (exact) mass is 394 g/mol. The second-order valence-electron chi connectivity index (χ2n) is 6.57. The Balaban J connectivity index is 1.49. The van der Waals surface area contributed by atoms with Crippen molar-refractivity contribution < 1.29 is 4.74 Å². The van der Waals surface area contributed by atoms with E-state index in [1.807, 2.05) is 19.2 Å². The molecular weight excluding hydrogens is 368 g/mol. The van der Waals surface area contributed by atoms with Crippen LogP contribution in [0.25, 0.3) is 0 Å². The number of nitrogens with zero attached hydrogens (tertiary/aromatic N) is 2. The van der Waals surface area contributed by atoms with Gasteiger partial charge in [0, 0.05) is 48.8 Å². The number of halogens is 1. The van der Waals surface area contributed by atoms with Crippen molar-refractivity contribution in [2.24, 2.45) is 4.99 Å². The first-order chi connectivity index (χ1) is 11.7. The van der Waals surface area contributed by atoms with Crippen molar-refractivity contribution >= 4 is 21.9 Å². The van der Waals surface area contributed by atoms with Crippen molar-refractivity contribution in [2.75, 3.05) is 27.2 Å². The van der Waals surface area contributed by atoms with Crippen LogP contribution in [0.5, 0.6) is 5.75 Å². The Hall–Kier alpha value is -1.27. The third-order valence-electron chi connectivity index (χ3n) is 4.85. The van der Waals surface area contributed by atoms with E-state index in [1.165, 1.54) is 38.8 Å². The van der Waals surface area contributed by atoms with Crippen molar-refractivity contribution in [1.82, 2.24) is 15.5 Å². The van der Waals surface area contributed by atoms with E-state index < -0.39 is 0 Å². The molecule has 1 heterocycles. The van der Waals surface area contributed by atoms with Gasteiger partial charge in [-0.15, -0.1) is 0 Å². The van der Waals surface area contributed by atoms with Crippen molar-refractivity contribution in [3.63, 3.8) is 0 Å². The minimum Gasteiger partial charge on any atom is -0.496 e. The molecule has 0 radical (unpaired) electrons. The number of guanidine groups is 1. The fraction of sp³-hybridized carbons (Fsp3) is 0.611. The Labute approximate surface area is 153 Å². The molecule has 1 aliphatic heterocycles. The van der Waals surface area contributed by atoms with Gasteiger partial charge >= 0.3 is 0 Å². The predicted octanol–water partition coefficient (Wildman–Crippen LogP) is 2.75. The lowest BCUT2D eigenvalue weighted by Gasteiger charge is -2.33. The molecule has 0 atom stereocenters. The molecule has 0 unspecified atom stereocenters. The van der Waals surface area contributed by atoms with E-state index in [0.29, 0.717) is 12.6 Å². The molecule has 1 saturated carbocycles. The lowest BCUT2D eigenvalue weighted by Crippen LogP contribution is -2.48. The average molecular weight is 395 g/mol. The first-order valence-electron chi connectivity index (χ1n) is 8.73. The minimum absolute atomic E-state index is 0.510. The number of piperidine rings is 1. The van der Waals surface area contributed by atoms with Crippen LogP contribution in [0.1, 0.15) is 31.2 Å².